The number of aromatic nitrogens is 4. The summed E-state index contributed by atoms with van der Waals surface area (Å²) < 4.78 is 7.82. The number of hydrogen-bond acceptors (Lipinski definition) is 15. The van der Waals surface area contributed by atoms with Gasteiger partial charge in [0.2, 0.25) is 17.7 Å². The van der Waals surface area contributed by atoms with Gasteiger partial charge in [-0.25, -0.2) is 15.0 Å². The highest BCUT2D eigenvalue weighted by Crippen LogP contribution is 2.41. The summed E-state index contributed by atoms with van der Waals surface area (Å²) in [6.07, 6.45) is 10.0. The van der Waals surface area contributed by atoms with Crippen molar-refractivity contribution in [2.45, 2.75) is 104 Å². The normalized spacial score (nSPS) is 22.5. The van der Waals surface area contributed by atoms with Crippen molar-refractivity contribution >= 4 is 70.2 Å². The number of nitrogens with zero attached hydrogens (tertiary/aromatic N) is 9. The zero-order valence-corrected chi connectivity index (χ0v) is 43.3. The van der Waals surface area contributed by atoms with E-state index >= 15 is 0 Å². The van der Waals surface area contributed by atoms with Gasteiger partial charge < -0.3 is 35.3 Å². The number of piperazine rings is 1. The maximum absolute atomic E-state index is 14.1. The van der Waals surface area contributed by atoms with Gasteiger partial charge in [0.05, 0.1) is 36.7 Å². The fourth-order valence-corrected chi connectivity index (χ4v) is 12.5. The monoisotopic (exact) mass is 1030 g/mol. The molecular weight excluding hydrogens is 969 g/mol. The third-order valence-corrected chi connectivity index (χ3v) is 16.1. The summed E-state index contributed by atoms with van der Waals surface area (Å²) in [6, 6.07) is 14.5. The number of piperidine rings is 2. The molecule has 1 aliphatic carbocycles. The van der Waals surface area contributed by atoms with E-state index in [0.29, 0.717) is 59.0 Å². The molecule has 4 atom stereocenters. The first-order valence-electron chi connectivity index (χ1n) is 26.1. The van der Waals surface area contributed by atoms with E-state index in [9.17, 15) is 33.9 Å². The molecule has 3 fully saturated rings. The van der Waals surface area contributed by atoms with Crippen LogP contribution in [-0.4, -0.2) is 134 Å². The van der Waals surface area contributed by atoms with E-state index in [1.54, 1.807) is 41.6 Å². The van der Waals surface area contributed by atoms with Crippen LogP contribution in [0.5, 0.6) is 5.88 Å². The molecule has 3 aromatic heterocycles. The van der Waals surface area contributed by atoms with E-state index < -0.39 is 42.2 Å². The van der Waals surface area contributed by atoms with Crippen molar-refractivity contribution in [1.82, 2.24) is 34.6 Å². The number of nitrogens with one attached hydrogen (secondary N) is 2. The van der Waals surface area contributed by atoms with Crippen molar-refractivity contribution in [3.05, 3.63) is 106 Å². The van der Waals surface area contributed by atoms with Crippen LogP contribution in [0.1, 0.15) is 107 Å². The van der Waals surface area contributed by atoms with Crippen molar-refractivity contribution in [2.75, 3.05) is 59.9 Å². The van der Waals surface area contributed by atoms with Gasteiger partial charge in [-0.05, 0) is 112 Å². The highest BCUT2D eigenvalue weighted by Gasteiger charge is 2.45. The van der Waals surface area contributed by atoms with Crippen LogP contribution in [-0.2, 0) is 40.4 Å². The topological polar surface area (TPSA) is 242 Å². The first-order valence-corrected chi connectivity index (χ1v) is 26.1. The molecule has 8 heterocycles. The Hall–Kier alpha value is -7.97. The van der Waals surface area contributed by atoms with Gasteiger partial charge in [0.1, 0.15) is 17.6 Å². The minimum Gasteiger partial charge on any atom is -0.478 e. The molecule has 76 heavy (non-hydrogen) atoms. The molecule has 0 bridgehead atoms. The summed E-state index contributed by atoms with van der Waals surface area (Å²) in [5.74, 6) is -1.92. The zero-order chi connectivity index (χ0) is 53.3. The quantitative estimate of drug-likeness (QED) is 0.0966. The minimum absolute atomic E-state index is 0.0624. The number of amides is 6. The summed E-state index contributed by atoms with van der Waals surface area (Å²) >= 11 is 0. The maximum Gasteiger partial charge on any atom is 0.276 e. The van der Waals surface area contributed by atoms with Crippen molar-refractivity contribution in [3.8, 4) is 17.1 Å². The SMILES string of the molecule is COc1ncc(-c2ccnc(N3CCn4c(cc5c4CC(C)(C)C5)C3=O)c2CO)nc1Nc1ccc(N2CCN(C3CCN(c4ccc5c(c4)C(=O)N(C4CCC(=O)NC4=O)C5=O)[C@@H](C)C3)C[C@@H]2C)c(C=CC(N)=O)c1. The Morgan fingerprint density at radius 3 is 2.46 bits per heavy atom. The van der Waals surface area contributed by atoms with Crippen LogP contribution in [0.15, 0.2) is 67.0 Å². The van der Waals surface area contributed by atoms with Gasteiger partial charge in [-0.2, -0.15) is 0 Å². The van der Waals surface area contributed by atoms with Gasteiger partial charge in [0.25, 0.3) is 23.6 Å². The van der Waals surface area contributed by atoms with E-state index in [4.69, 9.17) is 15.5 Å². The number of nitrogens with two attached hydrogens (primary N) is 1. The number of pyridine rings is 1. The predicted octanol–water partition coefficient (Wildman–Crippen LogP) is 4.84. The molecule has 11 rings (SSSR count). The van der Waals surface area contributed by atoms with Gasteiger partial charge in [-0.3, -0.25) is 48.8 Å². The number of aliphatic hydroxyl groups excluding tert-OH is 1. The lowest BCUT2D eigenvalue weighted by Gasteiger charge is -2.48. The molecule has 394 valence electrons. The summed E-state index contributed by atoms with van der Waals surface area (Å²) in [5.41, 5.74) is 14.0. The Morgan fingerprint density at radius 1 is 0.895 bits per heavy atom. The van der Waals surface area contributed by atoms with Gasteiger partial charge in [0, 0.05) is 116 Å². The Balaban J connectivity index is 0.773. The van der Waals surface area contributed by atoms with Crippen LogP contribution in [0, 0.1) is 5.41 Å². The third-order valence-electron chi connectivity index (χ3n) is 16.1. The van der Waals surface area contributed by atoms with Crippen molar-refractivity contribution in [1.29, 1.82) is 0 Å². The Bertz CT molecular complexity index is 3280. The smallest absolute Gasteiger partial charge is 0.276 e. The Morgan fingerprint density at radius 2 is 1.71 bits per heavy atom. The summed E-state index contributed by atoms with van der Waals surface area (Å²) in [7, 11) is 1.50. The van der Waals surface area contributed by atoms with E-state index in [2.05, 4.69) is 67.6 Å². The molecular formula is C56H62N12O8. The van der Waals surface area contributed by atoms with Crippen molar-refractivity contribution in [2.24, 2.45) is 11.1 Å². The number of carbonyl (C=O) groups excluding carboxylic acids is 6. The van der Waals surface area contributed by atoms with E-state index in [1.165, 1.54) is 24.4 Å². The van der Waals surface area contributed by atoms with E-state index in [0.717, 1.165) is 73.7 Å². The number of aliphatic hydroxyl groups is 1. The largest absolute Gasteiger partial charge is 0.478 e. The first-order chi connectivity index (χ1) is 36.5. The number of fused-ring (bicyclic) bond motifs is 4. The molecule has 2 unspecified atom stereocenters. The second-order valence-corrected chi connectivity index (χ2v) is 21.6. The van der Waals surface area contributed by atoms with Crippen LogP contribution in [0.25, 0.3) is 17.3 Å². The Kier molecular flexibility index (Phi) is 13.0. The highest BCUT2D eigenvalue weighted by atomic mass is 16.5. The lowest BCUT2D eigenvalue weighted by molar-refractivity contribution is -0.136. The molecule has 3 saturated heterocycles. The van der Waals surface area contributed by atoms with E-state index in [-0.39, 0.29) is 53.3 Å². The number of primary amides is 1. The number of benzene rings is 2. The van der Waals surface area contributed by atoms with Crippen LogP contribution in [0.3, 0.4) is 0 Å². The summed E-state index contributed by atoms with van der Waals surface area (Å²) in [6.45, 7) is 12.6. The van der Waals surface area contributed by atoms with Crippen molar-refractivity contribution < 1.29 is 38.6 Å². The molecule has 0 spiro atoms. The standard InChI is InChI=1S/C56H62N12O8/c1-31-22-36(15-17-64(31)37-8-9-39-40(25-37)54(74)68(53(39)73)44-11-13-48(71)62-51(44)72)63-18-19-65(32(2)29-63)43-10-7-35(23-33(43)6-12-47(57)70)60-49-52(76-5)59-28-42(61-49)38-14-16-58-50(41(38)30-69)67-21-20-66-45(55(67)75)24-34-26-56(3,4)27-46(34)66/h6-10,12,14,16,23-25,28,31-32,36,44,69H,11,13,15,17-22,26-27,29-30H2,1-5H3,(H2,57,70)(H,60,61)(H,62,71,72)/t31-,32-,36?,44?/m0/s1. The number of imide groups is 2. The molecule has 6 aliphatic rings. The number of hydrogen-bond donors (Lipinski definition) is 4. The van der Waals surface area contributed by atoms with Crippen molar-refractivity contribution in [3.63, 3.8) is 0 Å². The average Bonchev–Trinajstić information content (AvgIpc) is 4.01. The molecule has 20 nitrogen and oxygen atoms in total. The minimum atomic E-state index is -1.02. The predicted molar refractivity (Wildman–Crippen MR) is 284 cm³/mol. The molecule has 0 saturated carbocycles. The van der Waals surface area contributed by atoms with Gasteiger partial charge in [-0.15, -0.1) is 0 Å². The van der Waals surface area contributed by atoms with Crippen LogP contribution < -0.4 is 35.8 Å². The van der Waals surface area contributed by atoms with Gasteiger partial charge in [0.15, 0.2) is 5.82 Å². The maximum atomic E-state index is 14.1. The van der Waals surface area contributed by atoms with Crippen LogP contribution in [0.2, 0.25) is 0 Å². The second kappa shape index (κ2) is 19.6. The lowest BCUT2D eigenvalue weighted by Crippen LogP contribution is -2.58. The number of methoxy groups -OCH3 is 1. The lowest BCUT2D eigenvalue weighted by atomic mass is 9.90. The molecule has 20 heteroatoms. The molecule has 2 aromatic carbocycles. The number of rotatable bonds is 12. The molecule has 0 radical (unpaired) electrons. The molecule has 5 N–H and O–H groups in total. The fraction of sp³-hybridized carbons (Fsp3) is 0.411. The van der Waals surface area contributed by atoms with Crippen LogP contribution >= 0.6 is 0 Å². The Labute approximate surface area is 439 Å². The summed E-state index contributed by atoms with van der Waals surface area (Å²) in [4.78, 5) is 102. The average molecular weight is 1030 g/mol. The number of carbonyl (C=O) groups is 6. The van der Waals surface area contributed by atoms with E-state index in [1.807, 2.05) is 30.3 Å². The first kappa shape index (κ1) is 50.2. The molecule has 5 aromatic rings. The third kappa shape index (κ3) is 9.01. The van der Waals surface area contributed by atoms with Crippen LogP contribution in [0.4, 0.5) is 28.7 Å². The number of anilines is 5. The van der Waals surface area contributed by atoms with Gasteiger partial charge in [-0.1, -0.05) is 13.8 Å². The fourth-order valence-electron chi connectivity index (χ4n) is 12.5. The second-order valence-electron chi connectivity index (χ2n) is 21.6. The summed E-state index contributed by atoms with van der Waals surface area (Å²) in [5, 5.41) is 16.5. The highest BCUT2D eigenvalue weighted by molar-refractivity contribution is 6.23. The molecule has 6 amide bonds. The van der Waals surface area contributed by atoms with Gasteiger partial charge >= 0.3 is 0 Å². The zero-order valence-electron chi connectivity index (χ0n) is 43.3. The number of ether oxygens (including phenoxy) is 1. The molecule has 5 aliphatic heterocycles.